The van der Waals surface area contributed by atoms with E-state index >= 15 is 0 Å². The second-order valence-electron chi connectivity index (χ2n) is 6.72. The molecule has 1 saturated heterocycles. The number of rotatable bonds is 8. The lowest BCUT2D eigenvalue weighted by Gasteiger charge is -2.33. The lowest BCUT2D eigenvalue weighted by molar-refractivity contribution is -0.150. The number of nitrogens with zero attached hydrogens (tertiary/aromatic N) is 2. The Morgan fingerprint density at radius 2 is 1.62 bits per heavy atom. The maximum atomic E-state index is 13.0. The Morgan fingerprint density at radius 1 is 1.07 bits per heavy atom. The van der Waals surface area contributed by atoms with Gasteiger partial charge in [0.25, 0.3) is 0 Å². The first-order valence-electron chi connectivity index (χ1n) is 9.52. The average molecular weight is 449 g/mol. The van der Waals surface area contributed by atoms with E-state index in [9.17, 15) is 26.7 Å². The normalized spacial score (nSPS) is 21.3. The number of esters is 1. The van der Waals surface area contributed by atoms with E-state index < -0.39 is 38.0 Å². The summed E-state index contributed by atoms with van der Waals surface area (Å²) in [6, 6.07) is 4.96. The van der Waals surface area contributed by atoms with Gasteiger partial charge in [0.15, 0.2) is 0 Å². The van der Waals surface area contributed by atoms with Crippen molar-refractivity contribution in [2.24, 2.45) is 5.92 Å². The zero-order valence-corrected chi connectivity index (χ0v) is 18.4. The number of piperidine rings is 1. The fourth-order valence-corrected chi connectivity index (χ4v) is 6.29. The van der Waals surface area contributed by atoms with Gasteiger partial charge >= 0.3 is 5.97 Å². The van der Waals surface area contributed by atoms with Crippen molar-refractivity contribution < 1.29 is 31.5 Å². The van der Waals surface area contributed by atoms with Crippen LogP contribution in [0, 0.1) is 5.92 Å². The summed E-state index contributed by atoms with van der Waals surface area (Å²) in [5.41, 5.74) is 0. The molecule has 0 aromatic heterocycles. The molecule has 9 nitrogen and oxygen atoms in total. The summed E-state index contributed by atoms with van der Waals surface area (Å²) in [7, 11) is -7.71. The number of hydrogen-bond acceptors (Lipinski definition) is 7. The monoisotopic (exact) mass is 448 g/mol. The van der Waals surface area contributed by atoms with Crippen molar-refractivity contribution in [1.82, 2.24) is 8.61 Å². The van der Waals surface area contributed by atoms with Gasteiger partial charge in [-0.25, -0.2) is 16.8 Å². The molecule has 1 heterocycles. The maximum Gasteiger partial charge on any atom is 0.310 e. The van der Waals surface area contributed by atoms with Crippen LogP contribution >= 0.6 is 0 Å². The van der Waals surface area contributed by atoms with Crippen molar-refractivity contribution in [1.29, 1.82) is 0 Å². The summed E-state index contributed by atoms with van der Waals surface area (Å²) >= 11 is 0. The number of carbonyl (C=O) groups excluding carboxylic acids is 1. The van der Waals surface area contributed by atoms with Gasteiger partial charge in [-0.2, -0.15) is 8.61 Å². The number of β-amino-alcohol motifs (C(OH)–C–C–N with tert-alkyl or cyclic N) is 1. The third-order valence-corrected chi connectivity index (χ3v) is 8.73. The van der Waals surface area contributed by atoms with E-state index in [4.69, 9.17) is 4.74 Å². The first-order valence-corrected chi connectivity index (χ1v) is 12.4. The minimum Gasteiger partial charge on any atom is -0.466 e. The highest BCUT2D eigenvalue weighted by atomic mass is 32.2. The van der Waals surface area contributed by atoms with E-state index in [1.54, 1.807) is 20.8 Å². The second kappa shape index (κ2) is 9.52. The molecule has 1 aromatic carbocycles. The number of aliphatic hydroxyl groups excluding tert-OH is 1. The first kappa shape index (κ1) is 23.7. The molecule has 1 aliphatic rings. The van der Waals surface area contributed by atoms with Gasteiger partial charge in [0.2, 0.25) is 20.0 Å². The van der Waals surface area contributed by atoms with Gasteiger partial charge in [-0.3, -0.25) is 4.79 Å². The molecule has 1 unspecified atom stereocenters. The molecule has 2 rings (SSSR count). The predicted molar refractivity (Wildman–Crippen MR) is 106 cm³/mol. The Bertz CT molecular complexity index is 910. The predicted octanol–water partition coefficient (Wildman–Crippen LogP) is 0.652. The maximum absolute atomic E-state index is 13.0. The molecule has 1 aliphatic heterocycles. The first-order chi connectivity index (χ1) is 13.6. The summed E-state index contributed by atoms with van der Waals surface area (Å²) in [6.07, 6.45) is -0.860. The minimum atomic E-state index is -4.01. The van der Waals surface area contributed by atoms with E-state index in [1.165, 1.54) is 28.6 Å². The average Bonchev–Trinajstić information content (AvgIpc) is 2.68. The quantitative estimate of drug-likeness (QED) is 0.580. The largest absolute Gasteiger partial charge is 0.466 e. The van der Waals surface area contributed by atoms with Crippen molar-refractivity contribution >= 4 is 26.0 Å². The zero-order valence-electron chi connectivity index (χ0n) is 16.8. The van der Waals surface area contributed by atoms with Crippen LogP contribution in [0.3, 0.4) is 0 Å². The van der Waals surface area contributed by atoms with Crippen LogP contribution in [0.25, 0.3) is 0 Å². The van der Waals surface area contributed by atoms with E-state index in [2.05, 4.69) is 0 Å². The zero-order chi connectivity index (χ0) is 21.8. The van der Waals surface area contributed by atoms with Crippen molar-refractivity contribution in [3.8, 4) is 0 Å². The third-order valence-electron chi connectivity index (χ3n) is 4.82. The lowest BCUT2D eigenvalue weighted by Crippen LogP contribution is -2.48. The third kappa shape index (κ3) is 5.15. The van der Waals surface area contributed by atoms with E-state index in [0.29, 0.717) is 13.1 Å². The molecule has 2 atom stereocenters. The lowest BCUT2D eigenvalue weighted by atomic mass is 9.98. The van der Waals surface area contributed by atoms with Crippen LogP contribution in [0.1, 0.15) is 27.2 Å². The van der Waals surface area contributed by atoms with Crippen molar-refractivity contribution in [3.05, 3.63) is 24.3 Å². The van der Waals surface area contributed by atoms with Gasteiger partial charge in [-0.15, -0.1) is 0 Å². The van der Waals surface area contributed by atoms with Crippen LogP contribution in [0.15, 0.2) is 34.1 Å². The molecule has 0 aliphatic carbocycles. The molecule has 0 radical (unpaired) electrons. The van der Waals surface area contributed by atoms with Crippen molar-refractivity contribution in [2.75, 3.05) is 32.8 Å². The molecule has 0 saturated carbocycles. The highest BCUT2D eigenvalue weighted by Gasteiger charge is 2.38. The van der Waals surface area contributed by atoms with Crippen LogP contribution < -0.4 is 0 Å². The summed E-state index contributed by atoms with van der Waals surface area (Å²) in [5.74, 6) is -1.30. The molecule has 1 fully saturated rings. The second-order valence-corrected chi connectivity index (χ2v) is 10.6. The molecule has 164 valence electrons. The Labute approximate surface area is 172 Å². The topological polar surface area (TPSA) is 121 Å². The number of benzene rings is 1. The van der Waals surface area contributed by atoms with E-state index in [-0.39, 0.29) is 35.9 Å². The number of aliphatic hydroxyl groups is 1. The van der Waals surface area contributed by atoms with Gasteiger partial charge in [-0.1, -0.05) is 13.8 Å². The summed E-state index contributed by atoms with van der Waals surface area (Å²) in [5, 5.41) is 10.0. The Hall–Kier alpha value is -1.53. The van der Waals surface area contributed by atoms with Crippen LogP contribution in [0.4, 0.5) is 0 Å². The molecule has 0 bridgehead atoms. The highest BCUT2D eigenvalue weighted by Crippen LogP contribution is 2.26. The van der Waals surface area contributed by atoms with Gasteiger partial charge in [-0.05, 0) is 37.6 Å². The number of hydrogen-bond donors (Lipinski definition) is 1. The minimum absolute atomic E-state index is 0.00299. The SMILES string of the molecule is CCOC(=O)C1C[C@H](O)CN(S(=O)(=O)c2ccc(S(=O)(=O)N(CC)CC)cc2)C1. The summed E-state index contributed by atoms with van der Waals surface area (Å²) in [6.45, 7) is 5.64. The van der Waals surface area contributed by atoms with E-state index in [1.807, 2.05) is 0 Å². The molecule has 1 aromatic rings. The van der Waals surface area contributed by atoms with Crippen LogP contribution in [-0.2, 0) is 29.6 Å². The van der Waals surface area contributed by atoms with Gasteiger partial charge in [0.05, 0.1) is 28.4 Å². The molecule has 0 spiro atoms. The Balaban J connectivity index is 2.28. The number of ether oxygens (including phenoxy) is 1. The molecule has 1 N–H and O–H groups in total. The van der Waals surface area contributed by atoms with Crippen molar-refractivity contribution in [3.63, 3.8) is 0 Å². The number of carbonyl (C=O) groups is 1. The van der Waals surface area contributed by atoms with Crippen molar-refractivity contribution in [2.45, 2.75) is 43.1 Å². The fourth-order valence-electron chi connectivity index (χ4n) is 3.31. The molecular formula is C18H28N2O7S2. The van der Waals surface area contributed by atoms with Crippen LogP contribution in [-0.4, -0.2) is 75.4 Å². The molecule has 0 amide bonds. The van der Waals surface area contributed by atoms with Crippen LogP contribution in [0.5, 0.6) is 0 Å². The van der Waals surface area contributed by atoms with E-state index in [0.717, 1.165) is 4.31 Å². The Morgan fingerprint density at radius 3 is 2.14 bits per heavy atom. The number of sulfonamides is 2. The Kier molecular flexibility index (Phi) is 7.80. The molecule has 29 heavy (non-hydrogen) atoms. The smallest absolute Gasteiger partial charge is 0.310 e. The summed E-state index contributed by atoms with van der Waals surface area (Å²) < 4.78 is 58.3. The highest BCUT2D eigenvalue weighted by molar-refractivity contribution is 7.89. The summed E-state index contributed by atoms with van der Waals surface area (Å²) in [4.78, 5) is 11.9. The fraction of sp³-hybridized carbons (Fsp3) is 0.611. The standard InChI is InChI=1S/C18H28N2O7S2/c1-4-19(5-2)28(23,24)16-7-9-17(10-8-16)29(25,26)20-12-14(11-15(21)13-20)18(22)27-6-3/h7-10,14-15,21H,4-6,11-13H2,1-3H3/t14?,15-/m0/s1. The van der Waals surface area contributed by atoms with Gasteiger partial charge in [0, 0.05) is 26.2 Å². The van der Waals surface area contributed by atoms with Gasteiger partial charge in [0.1, 0.15) is 0 Å². The molecule has 11 heteroatoms. The molecular weight excluding hydrogens is 420 g/mol. The van der Waals surface area contributed by atoms with Gasteiger partial charge < -0.3 is 9.84 Å². The van der Waals surface area contributed by atoms with Crippen LogP contribution in [0.2, 0.25) is 0 Å².